The van der Waals surface area contributed by atoms with Crippen LogP contribution in [0.1, 0.15) is 13.8 Å². The number of hydrogen-bond acceptors (Lipinski definition) is 4. The van der Waals surface area contributed by atoms with Crippen molar-refractivity contribution in [3.63, 3.8) is 0 Å². The third-order valence-electron chi connectivity index (χ3n) is 1.85. The van der Waals surface area contributed by atoms with E-state index >= 15 is 0 Å². The fraction of sp³-hybridized carbons (Fsp3) is 0.500. The first-order valence-corrected chi connectivity index (χ1v) is 12.0. The van der Waals surface area contributed by atoms with Crippen LogP contribution in [0.25, 0.3) is 0 Å². The van der Waals surface area contributed by atoms with Gasteiger partial charge in [0, 0.05) is 0 Å². The summed E-state index contributed by atoms with van der Waals surface area (Å²) in [5.41, 5.74) is 0.708. The van der Waals surface area contributed by atoms with Crippen molar-refractivity contribution in [1.82, 2.24) is 0 Å². The average Bonchev–Trinajstić information content (AvgIpc) is 2.03. The van der Waals surface area contributed by atoms with Gasteiger partial charge < -0.3 is 0 Å². The molecule has 1 aliphatic rings. The topological polar surface area (TPSA) is 52.6 Å². The van der Waals surface area contributed by atoms with Crippen LogP contribution in [-0.4, -0.2) is 31.1 Å². The molecule has 0 unspecified atom stereocenters. The first-order chi connectivity index (χ1) is 5.83. The summed E-state index contributed by atoms with van der Waals surface area (Å²) in [7, 11) is 0. The van der Waals surface area contributed by atoms with Gasteiger partial charge in [-0.05, 0) is 0 Å². The average molecular weight is 291 g/mol. The Bertz CT molecular complexity index is 275. The molecule has 0 fully saturated rings. The van der Waals surface area contributed by atoms with E-state index in [1.165, 1.54) is 0 Å². The van der Waals surface area contributed by atoms with Crippen LogP contribution < -0.4 is 0 Å². The van der Waals surface area contributed by atoms with E-state index in [0.717, 1.165) is 0 Å². The van der Waals surface area contributed by atoms with Gasteiger partial charge in [-0.3, -0.25) is 0 Å². The Labute approximate surface area is 81.9 Å². The molecule has 0 saturated heterocycles. The van der Waals surface area contributed by atoms with E-state index in [-0.39, 0.29) is 0 Å². The molecule has 0 radical (unpaired) electrons. The van der Waals surface area contributed by atoms with Crippen LogP contribution in [0.2, 0.25) is 9.88 Å². The number of carbonyl (C=O) groups excluding carboxylic acids is 2. The maximum atomic E-state index is 11.3. The van der Waals surface area contributed by atoms with Crippen molar-refractivity contribution in [2.45, 2.75) is 23.7 Å². The van der Waals surface area contributed by atoms with Gasteiger partial charge >= 0.3 is 81.8 Å². The number of carbonyl (C=O) groups is 2. The van der Waals surface area contributed by atoms with E-state index in [9.17, 15) is 9.59 Å². The van der Waals surface area contributed by atoms with Crippen LogP contribution in [0.15, 0.2) is 11.1 Å². The third-order valence-corrected chi connectivity index (χ3v) is 5.72. The van der Waals surface area contributed by atoms with Gasteiger partial charge in [-0.15, -0.1) is 0 Å². The molecule has 72 valence electrons. The SMILES string of the molecule is CC1=C(C)C(=O)[O][Sn]([CH3])([CH3])[O]C1=O. The Balaban J connectivity index is 3.09. The standard InChI is InChI=1S/C6H8O4.2CH3.Sn/c1-3(5(7)8)4(2)6(9)10;;;/h1-2H3,(H,7,8)(H,9,10);2*1H3;/q;;;+2/p-2. The summed E-state index contributed by atoms with van der Waals surface area (Å²) in [6.45, 7) is 3.15. The van der Waals surface area contributed by atoms with Crippen molar-refractivity contribution in [1.29, 1.82) is 0 Å². The molecule has 1 rings (SSSR count). The molecule has 0 aromatic carbocycles. The quantitative estimate of drug-likeness (QED) is 0.628. The summed E-state index contributed by atoms with van der Waals surface area (Å²) in [6, 6.07) is 0. The number of rotatable bonds is 0. The monoisotopic (exact) mass is 292 g/mol. The molecule has 1 aliphatic heterocycles. The fourth-order valence-electron chi connectivity index (χ4n) is 0.927. The third kappa shape index (κ3) is 2.24. The molecule has 5 heteroatoms. The van der Waals surface area contributed by atoms with Crippen LogP contribution in [0, 0.1) is 0 Å². The van der Waals surface area contributed by atoms with Gasteiger partial charge in [-0.2, -0.15) is 0 Å². The van der Waals surface area contributed by atoms with E-state index < -0.39 is 31.1 Å². The molecule has 0 aromatic rings. The van der Waals surface area contributed by atoms with E-state index in [2.05, 4.69) is 0 Å². The van der Waals surface area contributed by atoms with Gasteiger partial charge in [0.2, 0.25) is 0 Å². The van der Waals surface area contributed by atoms with E-state index in [0.29, 0.717) is 11.1 Å². The van der Waals surface area contributed by atoms with Crippen molar-refractivity contribution in [3.8, 4) is 0 Å². The molecule has 0 spiro atoms. The van der Waals surface area contributed by atoms with Gasteiger partial charge in [0.05, 0.1) is 0 Å². The second-order valence-corrected chi connectivity index (χ2v) is 12.6. The Hall–Kier alpha value is -0.521. The minimum atomic E-state index is -3.32. The van der Waals surface area contributed by atoms with Crippen LogP contribution in [0.5, 0.6) is 0 Å². The second-order valence-electron chi connectivity index (χ2n) is 3.43. The summed E-state index contributed by atoms with van der Waals surface area (Å²) in [5, 5.41) is 0. The molecule has 1 heterocycles. The van der Waals surface area contributed by atoms with Crippen LogP contribution in [0.4, 0.5) is 0 Å². The maximum absolute atomic E-state index is 11.3. The van der Waals surface area contributed by atoms with E-state index in [1.54, 1.807) is 23.7 Å². The summed E-state index contributed by atoms with van der Waals surface area (Å²) < 4.78 is 10.2. The van der Waals surface area contributed by atoms with Crippen LogP contribution in [0.3, 0.4) is 0 Å². The summed E-state index contributed by atoms with van der Waals surface area (Å²) >= 11 is -3.32. The molecule has 13 heavy (non-hydrogen) atoms. The van der Waals surface area contributed by atoms with Gasteiger partial charge in [0.15, 0.2) is 0 Å². The summed E-state index contributed by atoms with van der Waals surface area (Å²) in [5.74, 6) is -0.826. The van der Waals surface area contributed by atoms with Crippen LogP contribution in [-0.2, 0) is 15.7 Å². The molecule has 0 bridgehead atoms. The predicted octanol–water partition coefficient (Wildman–Crippen LogP) is 1.12. The molecule has 0 amide bonds. The van der Waals surface area contributed by atoms with Crippen molar-refractivity contribution in [2.24, 2.45) is 0 Å². The fourth-order valence-corrected chi connectivity index (χ4v) is 4.47. The molecule has 0 aromatic heterocycles. The molecular weight excluding hydrogens is 279 g/mol. The molecule has 4 nitrogen and oxygen atoms in total. The summed E-state index contributed by atoms with van der Waals surface area (Å²) in [4.78, 5) is 26.1. The van der Waals surface area contributed by atoms with Crippen molar-refractivity contribution >= 4 is 31.1 Å². The normalized spacial score (nSPS) is 22.2. The predicted molar refractivity (Wildman–Crippen MR) is 48.0 cm³/mol. The molecule has 0 saturated carbocycles. The van der Waals surface area contributed by atoms with Crippen molar-refractivity contribution < 1.29 is 15.7 Å². The first-order valence-electron chi connectivity index (χ1n) is 3.97. The van der Waals surface area contributed by atoms with E-state index in [4.69, 9.17) is 6.15 Å². The van der Waals surface area contributed by atoms with Gasteiger partial charge in [-0.1, -0.05) is 0 Å². The molecule has 0 N–H and O–H groups in total. The Morgan fingerprint density at radius 1 is 0.923 bits per heavy atom. The molecular formula is C8H12O4Sn. The first kappa shape index (κ1) is 10.6. The Kier molecular flexibility index (Phi) is 2.70. The van der Waals surface area contributed by atoms with Gasteiger partial charge in [0.1, 0.15) is 0 Å². The van der Waals surface area contributed by atoms with Crippen molar-refractivity contribution in [3.05, 3.63) is 11.1 Å². The van der Waals surface area contributed by atoms with Gasteiger partial charge in [-0.25, -0.2) is 0 Å². The Morgan fingerprint density at radius 3 is 1.54 bits per heavy atom. The Morgan fingerprint density at radius 2 is 1.23 bits per heavy atom. The minimum absolute atomic E-state index is 0.354. The molecule has 0 aliphatic carbocycles. The van der Waals surface area contributed by atoms with Crippen LogP contribution >= 0.6 is 0 Å². The summed E-state index contributed by atoms with van der Waals surface area (Å²) in [6.07, 6.45) is 0. The zero-order chi connectivity index (χ0) is 10.2. The molecule has 0 atom stereocenters. The van der Waals surface area contributed by atoms with E-state index in [1.807, 2.05) is 0 Å². The second kappa shape index (κ2) is 3.32. The zero-order valence-corrected chi connectivity index (χ0v) is 11.0. The zero-order valence-electron chi connectivity index (χ0n) is 8.13. The van der Waals surface area contributed by atoms with Gasteiger partial charge in [0.25, 0.3) is 0 Å². The van der Waals surface area contributed by atoms with Crippen molar-refractivity contribution in [2.75, 3.05) is 0 Å². The number of hydrogen-bond donors (Lipinski definition) is 0.